The van der Waals surface area contributed by atoms with E-state index in [2.05, 4.69) is 10.1 Å². The molecular weight excluding hydrogens is 381 g/mol. The van der Waals surface area contributed by atoms with Gasteiger partial charge in [-0.05, 0) is 46.5 Å². The first-order valence-corrected chi connectivity index (χ1v) is 8.85. The first-order valence-electron chi connectivity index (χ1n) is 8.85. The van der Waals surface area contributed by atoms with Gasteiger partial charge < -0.3 is 15.8 Å². The Hall–Kier alpha value is -3.32. The first kappa shape index (κ1) is 20.4. The Balaban J connectivity index is 1.54. The lowest BCUT2D eigenvalue weighted by Gasteiger charge is -2.10. The van der Waals surface area contributed by atoms with E-state index in [1.807, 2.05) is 30.3 Å². The van der Waals surface area contributed by atoms with E-state index in [0.717, 1.165) is 22.3 Å². The third-order valence-corrected chi connectivity index (χ3v) is 4.25. The van der Waals surface area contributed by atoms with Gasteiger partial charge in [-0.25, -0.2) is 0 Å². The molecule has 1 amide bonds. The van der Waals surface area contributed by atoms with Gasteiger partial charge in [-0.15, -0.1) is 13.2 Å². The number of primary amides is 1. The number of ether oxygens (including phenoxy) is 1. The molecule has 0 aliphatic heterocycles. The van der Waals surface area contributed by atoms with Gasteiger partial charge in [-0.1, -0.05) is 48.5 Å². The van der Waals surface area contributed by atoms with Crippen molar-refractivity contribution in [3.8, 4) is 16.9 Å². The lowest BCUT2D eigenvalue weighted by molar-refractivity contribution is -0.274. The average Bonchev–Trinajstić information content (AvgIpc) is 2.69. The molecule has 3 aromatic rings. The molecule has 7 heteroatoms. The summed E-state index contributed by atoms with van der Waals surface area (Å²) in [6.45, 7) is 1.11. The number of halogens is 3. The fraction of sp³-hybridized carbons (Fsp3) is 0.136. The van der Waals surface area contributed by atoms with Crippen LogP contribution in [0.25, 0.3) is 11.1 Å². The molecule has 29 heavy (non-hydrogen) atoms. The van der Waals surface area contributed by atoms with E-state index in [9.17, 15) is 18.0 Å². The molecule has 0 spiro atoms. The van der Waals surface area contributed by atoms with Crippen LogP contribution in [0.15, 0.2) is 72.8 Å². The highest BCUT2D eigenvalue weighted by Crippen LogP contribution is 2.23. The third-order valence-electron chi connectivity index (χ3n) is 4.25. The third kappa shape index (κ3) is 6.08. The van der Waals surface area contributed by atoms with Gasteiger partial charge in [-0.3, -0.25) is 4.79 Å². The zero-order chi connectivity index (χ0) is 20.9. The second-order valence-corrected chi connectivity index (χ2v) is 6.44. The van der Waals surface area contributed by atoms with E-state index in [1.54, 1.807) is 30.3 Å². The normalized spacial score (nSPS) is 11.3. The summed E-state index contributed by atoms with van der Waals surface area (Å²) in [5.41, 5.74) is 9.55. The summed E-state index contributed by atoms with van der Waals surface area (Å²) in [6.07, 6.45) is -4.69. The second-order valence-electron chi connectivity index (χ2n) is 6.44. The van der Waals surface area contributed by atoms with E-state index < -0.39 is 12.3 Å². The van der Waals surface area contributed by atoms with Crippen LogP contribution < -0.4 is 15.8 Å². The Morgan fingerprint density at radius 3 is 2.00 bits per heavy atom. The van der Waals surface area contributed by atoms with E-state index in [-0.39, 0.29) is 5.75 Å². The smallest absolute Gasteiger partial charge is 0.406 e. The molecule has 0 saturated carbocycles. The zero-order valence-corrected chi connectivity index (χ0v) is 15.4. The molecule has 3 rings (SSSR count). The maximum Gasteiger partial charge on any atom is 0.573 e. The van der Waals surface area contributed by atoms with Crippen molar-refractivity contribution in [2.75, 3.05) is 0 Å². The highest BCUT2D eigenvalue weighted by molar-refractivity contribution is 5.94. The molecule has 150 valence electrons. The lowest BCUT2D eigenvalue weighted by atomic mass is 10.0. The fourth-order valence-corrected chi connectivity index (χ4v) is 2.83. The summed E-state index contributed by atoms with van der Waals surface area (Å²) < 4.78 is 40.4. The topological polar surface area (TPSA) is 64.4 Å². The van der Waals surface area contributed by atoms with Gasteiger partial charge in [0.1, 0.15) is 5.75 Å². The summed E-state index contributed by atoms with van der Waals surface area (Å²) in [5, 5.41) is 3.24. The van der Waals surface area contributed by atoms with Crippen LogP contribution in [-0.4, -0.2) is 12.3 Å². The van der Waals surface area contributed by atoms with Gasteiger partial charge >= 0.3 is 6.36 Å². The number of hydrogen-bond acceptors (Lipinski definition) is 3. The van der Waals surface area contributed by atoms with Crippen LogP contribution in [0.1, 0.15) is 21.5 Å². The maximum atomic E-state index is 12.2. The van der Waals surface area contributed by atoms with E-state index >= 15 is 0 Å². The molecule has 0 radical (unpaired) electrons. The van der Waals surface area contributed by atoms with E-state index in [0.29, 0.717) is 18.7 Å². The van der Waals surface area contributed by atoms with Gasteiger partial charge in [0, 0.05) is 18.7 Å². The molecule has 3 N–H and O–H groups in total. The molecule has 0 unspecified atom stereocenters. The largest absolute Gasteiger partial charge is 0.573 e. The van der Waals surface area contributed by atoms with Crippen molar-refractivity contribution in [3.05, 3.63) is 89.5 Å². The molecule has 0 aliphatic rings. The van der Waals surface area contributed by atoms with Gasteiger partial charge in [0.2, 0.25) is 5.91 Å². The van der Waals surface area contributed by atoms with Crippen molar-refractivity contribution < 1.29 is 22.7 Å². The molecule has 0 heterocycles. The highest BCUT2D eigenvalue weighted by Gasteiger charge is 2.30. The highest BCUT2D eigenvalue weighted by atomic mass is 19.4. The molecule has 3 aromatic carbocycles. The van der Waals surface area contributed by atoms with Crippen LogP contribution in [0.4, 0.5) is 13.2 Å². The summed E-state index contributed by atoms with van der Waals surface area (Å²) in [6, 6.07) is 20.7. The lowest BCUT2D eigenvalue weighted by Crippen LogP contribution is -2.17. The van der Waals surface area contributed by atoms with Gasteiger partial charge in [0.15, 0.2) is 0 Å². The average molecular weight is 400 g/mol. The van der Waals surface area contributed by atoms with Gasteiger partial charge in [-0.2, -0.15) is 0 Å². The van der Waals surface area contributed by atoms with Crippen LogP contribution in [0.3, 0.4) is 0 Å². The van der Waals surface area contributed by atoms with E-state index in [4.69, 9.17) is 5.73 Å². The Morgan fingerprint density at radius 2 is 1.45 bits per heavy atom. The van der Waals surface area contributed by atoms with Gasteiger partial charge in [0.05, 0.1) is 0 Å². The Kier molecular flexibility index (Phi) is 6.19. The predicted molar refractivity (Wildman–Crippen MR) is 104 cm³/mol. The molecule has 0 bridgehead atoms. The monoisotopic (exact) mass is 400 g/mol. The Morgan fingerprint density at radius 1 is 0.862 bits per heavy atom. The number of carbonyl (C=O) groups is 1. The minimum absolute atomic E-state index is 0.239. The number of benzene rings is 3. The maximum absolute atomic E-state index is 12.2. The number of carbonyl (C=O) groups excluding carboxylic acids is 1. The number of alkyl halides is 3. The predicted octanol–water partition coefficient (Wildman–Crippen LogP) is 4.64. The van der Waals surface area contributed by atoms with Gasteiger partial charge in [0.25, 0.3) is 0 Å². The quantitative estimate of drug-likeness (QED) is 0.607. The number of nitrogens with two attached hydrogens (primary N) is 1. The van der Waals surface area contributed by atoms with Crippen LogP contribution >= 0.6 is 0 Å². The van der Waals surface area contributed by atoms with Crippen LogP contribution in [0, 0.1) is 0 Å². The summed E-state index contributed by atoms with van der Waals surface area (Å²) in [5.74, 6) is -0.706. The van der Waals surface area contributed by atoms with Crippen LogP contribution in [-0.2, 0) is 13.1 Å². The minimum atomic E-state index is -4.69. The fourth-order valence-electron chi connectivity index (χ4n) is 2.83. The molecule has 4 nitrogen and oxygen atoms in total. The number of amides is 1. The minimum Gasteiger partial charge on any atom is -0.406 e. The summed E-state index contributed by atoms with van der Waals surface area (Å²) in [4.78, 5) is 11.3. The van der Waals surface area contributed by atoms with Crippen molar-refractivity contribution >= 4 is 5.91 Å². The first-order chi connectivity index (χ1) is 13.8. The van der Waals surface area contributed by atoms with Crippen molar-refractivity contribution in [3.63, 3.8) is 0 Å². The molecule has 0 aromatic heterocycles. The van der Waals surface area contributed by atoms with Crippen molar-refractivity contribution in [1.82, 2.24) is 5.32 Å². The van der Waals surface area contributed by atoms with Crippen molar-refractivity contribution in [1.29, 1.82) is 0 Å². The number of nitrogens with one attached hydrogen (secondary N) is 1. The molecule has 0 atom stereocenters. The Bertz CT molecular complexity index is 969. The molecule has 0 saturated heterocycles. The second kappa shape index (κ2) is 8.79. The van der Waals surface area contributed by atoms with Crippen molar-refractivity contribution in [2.24, 2.45) is 5.73 Å². The zero-order valence-electron chi connectivity index (χ0n) is 15.4. The standard InChI is InChI=1S/C22H19F3N2O2/c23-22(24,25)29-20-10-6-16(7-11-20)14-27-13-15-4-8-17(9-5-15)18-2-1-3-19(12-18)21(26)28/h1-12,27H,13-14H2,(H2,26,28). The summed E-state index contributed by atoms with van der Waals surface area (Å²) in [7, 11) is 0. The van der Waals surface area contributed by atoms with Crippen LogP contribution in [0.2, 0.25) is 0 Å². The molecular formula is C22H19F3N2O2. The van der Waals surface area contributed by atoms with E-state index in [1.165, 1.54) is 12.1 Å². The Labute approximate surface area is 166 Å². The summed E-state index contributed by atoms with van der Waals surface area (Å²) >= 11 is 0. The number of hydrogen-bond donors (Lipinski definition) is 2. The number of rotatable bonds is 7. The molecule has 0 aliphatic carbocycles. The molecule has 0 fully saturated rings. The van der Waals surface area contributed by atoms with Crippen molar-refractivity contribution in [2.45, 2.75) is 19.5 Å². The van der Waals surface area contributed by atoms with Crippen LogP contribution in [0.5, 0.6) is 5.75 Å². The SMILES string of the molecule is NC(=O)c1cccc(-c2ccc(CNCc3ccc(OC(F)(F)F)cc3)cc2)c1.